The Morgan fingerprint density at radius 3 is 2.88 bits per heavy atom. The summed E-state index contributed by atoms with van der Waals surface area (Å²) in [6.45, 7) is 3.01. The number of carbonyl (C=O) groups excluding carboxylic acids is 1. The van der Waals surface area contributed by atoms with Crippen LogP contribution in [0.5, 0.6) is 0 Å². The zero-order valence-electron chi connectivity index (χ0n) is 14.9. The van der Waals surface area contributed by atoms with Crippen molar-refractivity contribution in [3.63, 3.8) is 0 Å². The van der Waals surface area contributed by atoms with Crippen molar-refractivity contribution in [2.75, 3.05) is 32.1 Å². The number of hydrogen-bond acceptors (Lipinski definition) is 4. The molecule has 6 heteroatoms. The Hall–Kier alpha value is -2.21. The zero-order chi connectivity index (χ0) is 18.2. The van der Waals surface area contributed by atoms with Gasteiger partial charge in [0.1, 0.15) is 5.82 Å². The van der Waals surface area contributed by atoms with Crippen molar-refractivity contribution < 1.29 is 14.3 Å². The number of fused-ring (bicyclic) bond motifs is 1. The van der Waals surface area contributed by atoms with E-state index in [1.54, 1.807) is 20.2 Å². The number of aromatic nitrogens is 1. The summed E-state index contributed by atoms with van der Waals surface area (Å²) in [5.41, 5.74) is 1.36. The van der Waals surface area contributed by atoms with Gasteiger partial charge in [0, 0.05) is 44.0 Å². The van der Waals surface area contributed by atoms with Crippen LogP contribution in [0.1, 0.15) is 25.0 Å². The largest absolute Gasteiger partial charge is 0.388 e. The van der Waals surface area contributed by atoms with Crippen molar-refractivity contribution in [2.45, 2.75) is 31.8 Å². The minimum absolute atomic E-state index is 0.0901. The Morgan fingerprint density at radius 1 is 1.40 bits per heavy atom. The van der Waals surface area contributed by atoms with Gasteiger partial charge in [-0.2, -0.15) is 0 Å². The van der Waals surface area contributed by atoms with E-state index in [-0.39, 0.29) is 18.1 Å². The highest BCUT2D eigenvalue weighted by Gasteiger charge is 2.36. The molecule has 25 heavy (non-hydrogen) atoms. The summed E-state index contributed by atoms with van der Waals surface area (Å²) in [7, 11) is 3.38. The summed E-state index contributed by atoms with van der Waals surface area (Å²) in [5.74, 6) is -0.402. The second-order valence-corrected chi connectivity index (χ2v) is 7.16. The summed E-state index contributed by atoms with van der Waals surface area (Å²) in [6.07, 6.45) is 1.45. The second kappa shape index (κ2) is 6.59. The minimum atomic E-state index is -1.07. The number of amides is 1. The van der Waals surface area contributed by atoms with Gasteiger partial charge in [0.2, 0.25) is 5.91 Å². The maximum Gasteiger partial charge on any atom is 0.225 e. The first-order valence-electron chi connectivity index (χ1n) is 8.52. The molecule has 1 aromatic carbocycles. The minimum Gasteiger partial charge on any atom is -0.388 e. The predicted octanol–water partition coefficient (Wildman–Crippen LogP) is 2.49. The van der Waals surface area contributed by atoms with Crippen LogP contribution in [0.15, 0.2) is 24.3 Å². The fourth-order valence-corrected chi connectivity index (χ4v) is 3.47. The number of carbonyl (C=O) groups is 1. The molecule has 1 saturated heterocycles. The Labute approximate surface area is 147 Å². The van der Waals surface area contributed by atoms with Crippen LogP contribution >= 0.6 is 0 Å². The molecule has 134 valence electrons. The van der Waals surface area contributed by atoms with E-state index in [0.29, 0.717) is 13.0 Å². The molecular weight excluding hydrogens is 321 g/mol. The maximum atomic E-state index is 13.8. The number of halogens is 1. The summed E-state index contributed by atoms with van der Waals surface area (Å²) in [4.78, 5) is 20.1. The molecule has 0 aliphatic carbocycles. The van der Waals surface area contributed by atoms with Crippen LogP contribution in [-0.4, -0.2) is 53.7 Å². The van der Waals surface area contributed by atoms with Crippen molar-refractivity contribution in [3.8, 4) is 0 Å². The van der Waals surface area contributed by atoms with Crippen LogP contribution in [0.3, 0.4) is 0 Å². The lowest BCUT2D eigenvalue weighted by Gasteiger charge is -2.41. The van der Waals surface area contributed by atoms with E-state index < -0.39 is 5.60 Å². The van der Waals surface area contributed by atoms with Gasteiger partial charge in [-0.15, -0.1) is 0 Å². The zero-order valence-corrected chi connectivity index (χ0v) is 14.9. The van der Waals surface area contributed by atoms with Gasteiger partial charge in [-0.05, 0) is 44.0 Å². The lowest BCUT2D eigenvalue weighted by atomic mass is 9.88. The van der Waals surface area contributed by atoms with Crippen LogP contribution in [0.25, 0.3) is 10.9 Å². The molecule has 3 rings (SSSR count). The highest BCUT2D eigenvalue weighted by molar-refractivity contribution is 5.92. The molecule has 0 radical (unpaired) electrons. The number of rotatable bonds is 3. The van der Waals surface area contributed by atoms with Gasteiger partial charge in [0.15, 0.2) is 0 Å². The van der Waals surface area contributed by atoms with Gasteiger partial charge < -0.3 is 14.9 Å². The number of piperidine rings is 1. The summed E-state index contributed by atoms with van der Waals surface area (Å²) in [6, 6.07) is 6.48. The summed E-state index contributed by atoms with van der Waals surface area (Å²) in [5, 5.41) is 11.7. The van der Waals surface area contributed by atoms with Crippen molar-refractivity contribution in [1.82, 2.24) is 9.88 Å². The first-order chi connectivity index (χ1) is 11.8. The third-order valence-electron chi connectivity index (χ3n) is 4.75. The van der Waals surface area contributed by atoms with Crippen molar-refractivity contribution >= 4 is 22.5 Å². The molecule has 1 aliphatic rings. The molecule has 1 N–H and O–H groups in total. The third-order valence-corrected chi connectivity index (χ3v) is 4.75. The molecule has 1 atom stereocenters. The van der Waals surface area contributed by atoms with E-state index in [4.69, 9.17) is 0 Å². The third kappa shape index (κ3) is 3.74. The number of β-amino-alcohol motifs (C(OH)–C–C–N with tert-alkyl or cyclic N) is 1. The standard InChI is InChI=1S/C19H24FN3O2/c1-13-9-17(15-10-14(20)5-6-16(15)21-13)23-8-4-7-19(25,12-23)11-18(24)22(2)3/h5-6,9-10,25H,4,7-8,11-12H2,1-3H3. The average molecular weight is 345 g/mol. The van der Waals surface area contributed by atoms with Crippen LogP contribution in [-0.2, 0) is 4.79 Å². The summed E-state index contributed by atoms with van der Waals surface area (Å²) < 4.78 is 13.8. The van der Waals surface area contributed by atoms with Gasteiger partial charge >= 0.3 is 0 Å². The second-order valence-electron chi connectivity index (χ2n) is 7.16. The number of nitrogens with zero attached hydrogens (tertiary/aromatic N) is 3. The number of anilines is 1. The molecule has 1 fully saturated rings. The Morgan fingerprint density at radius 2 is 2.16 bits per heavy atom. The summed E-state index contributed by atoms with van der Waals surface area (Å²) >= 11 is 0. The molecule has 1 aliphatic heterocycles. The number of pyridine rings is 1. The smallest absolute Gasteiger partial charge is 0.225 e. The number of hydrogen-bond donors (Lipinski definition) is 1. The van der Waals surface area contributed by atoms with Gasteiger partial charge in [-0.25, -0.2) is 4.39 Å². The lowest BCUT2D eigenvalue weighted by Crippen LogP contribution is -2.50. The van der Waals surface area contributed by atoms with Gasteiger partial charge in [0.25, 0.3) is 0 Å². The number of benzene rings is 1. The van der Waals surface area contributed by atoms with Crippen molar-refractivity contribution in [3.05, 3.63) is 35.8 Å². The SMILES string of the molecule is Cc1cc(N2CCCC(O)(CC(=O)N(C)C)C2)c2cc(F)ccc2n1. The number of aliphatic hydroxyl groups is 1. The first kappa shape index (κ1) is 17.6. The Balaban J connectivity index is 1.95. The van der Waals surface area contributed by atoms with E-state index >= 15 is 0 Å². The Bertz CT molecular complexity index is 809. The molecular formula is C19H24FN3O2. The molecule has 2 aromatic rings. The lowest BCUT2D eigenvalue weighted by molar-refractivity contribution is -0.134. The van der Waals surface area contributed by atoms with E-state index in [2.05, 4.69) is 4.98 Å². The van der Waals surface area contributed by atoms with E-state index in [9.17, 15) is 14.3 Å². The van der Waals surface area contributed by atoms with E-state index in [0.717, 1.165) is 35.2 Å². The maximum absolute atomic E-state index is 13.8. The highest BCUT2D eigenvalue weighted by atomic mass is 19.1. The molecule has 5 nitrogen and oxygen atoms in total. The predicted molar refractivity (Wildman–Crippen MR) is 96.1 cm³/mol. The van der Waals surface area contributed by atoms with E-state index in [1.165, 1.54) is 17.0 Å². The fourth-order valence-electron chi connectivity index (χ4n) is 3.47. The first-order valence-corrected chi connectivity index (χ1v) is 8.52. The van der Waals surface area contributed by atoms with Gasteiger partial charge in [-0.1, -0.05) is 0 Å². The number of aryl methyl sites for hydroxylation is 1. The molecule has 1 amide bonds. The molecule has 1 aromatic heterocycles. The average Bonchev–Trinajstić information content (AvgIpc) is 2.54. The van der Waals surface area contributed by atoms with Crippen LogP contribution in [0, 0.1) is 12.7 Å². The highest BCUT2D eigenvalue weighted by Crippen LogP contribution is 2.33. The van der Waals surface area contributed by atoms with Crippen LogP contribution < -0.4 is 4.90 Å². The van der Waals surface area contributed by atoms with Gasteiger partial charge in [0.05, 0.1) is 17.5 Å². The van der Waals surface area contributed by atoms with Crippen LogP contribution in [0.2, 0.25) is 0 Å². The molecule has 2 heterocycles. The monoisotopic (exact) mass is 345 g/mol. The van der Waals surface area contributed by atoms with Crippen molar-refractivity contribution in [1.29, 1.82) is 0 Å². The Kier molecular flexibility index (Phi) is 4.64. The quantitative estimate of drug-likeness (QED) is 0.929. The molecule has 0 bridgehead atoms. The topological polar surface area (TPSA) is 56.7 Å². The van der Waals surface area contributed by atoms with Crippen molar-refractivity contribution in [2.24, 2.45) is 0 Å². The van der Waals surface area contributed by atoms with Gasteiger partial charge in [-0.3, -0.25) is 9.78 Å². The molecule has 0 spiro atoms. The van der Waals surface area contributed by atoms with Crippen LogP contribution in [0.4, 0.5) is 10.1 Å². The van der Waals surface area contributed by atoms with E-state index in [1.807, 2.05) is 17.9 Å². The normalized spacial score (nSPS) is 20.8. The fraction of sp³-hybridized carbons (Fsp3) is 0.474. The molecule has 1 unspecified atom stereocenters. The molecule has 0 saturated carbocycles.